The van der Waals surface area contributed by atoms with E-state index in [1.54, 1.807) is 4.90 Å². The molecule has 1 saturated heterocycles. The molecule has 5 nitrogen and oxygen atoms in total. The number of piperidine rings is 1. The number of amides is 1. The summed E-state index contributed by atoms with van der Waals surface area (Å²) in [7, 11) is 0. The van der Waals surface area contributed by atoms with Crippen LogP contribution in [-0.2, 0) is 14.2 Å². The first kappa shape index (κ1) is 14.3. The summed E-state index contributed by atoms with van der Waals surface area (Å²) in [6.45, 7) is 7.90. The van der Waals surface area contributed by atoms with Crippen LogP contribution < -0.4 is 0 Å². The number of rotatable bonds is 5. The summed E-state index contributed by atoms with van der Waals surface area (Å²) >= 11 is 0. The lowest BCUT2D eigenvalue weighted by molar-refractivity contribution is -0.277. The van der Waals surface area contributed by atoms with Crippen LogP contribution in [0, 0.1) is 5.92 Å². The third-order valence-corrected chi connectivity index (χ3v) is 3.61. The van der Waals surface area contributed by atoms with Crippen LogP contribution in [0.15, 0.2) is 12.2 Å². The average molecular weight is 269 g/mol. The van der Waals surface area contributed by atoms with Crippen molar-refractivity contribution in [2.45, 2.75) is 39.0 Å². The Morgan fingerprint density at radius 1 is 1.21 bits per heavy atom. The second kappa shape index (κ2) is 5.92. The first-order valence-electron chi connectivity index (χ1n) is 7.06. The minimum Gasteiger partial charge on any atom is -0.450 e. The minimum atomic E-state index is -0.714. The molecule has 0 spiro atoms. The van der Waals surface area contributed by atoms with Crippen molar-refractivity contribution in [2.75, 3.05) is 26.4 Å². The lowest BCUT2D eigenvalue weighted by Gasteiger charge is -2.52. The molecular formula is C14H23NO4. The van der Waals surface area contributed by atoms with E-state index < -0.39 is 5.79 Å². The predicted molar refractivity (Wildman–Crippen MR) is 70.7 cm³/mol. The highest BCUT2D eigenvalue weighted by Gasteiger charge is 2.52. The molecule has 0 saturated carbocycles. The molecule has 0 aromatic rings. The fourth-order valence-corrected chi connectivity index (χ4v) is 3.01. The zero-order valence-electron chi connectivity index (χ0n) is 11.9. The van der Waals surface area contributed by atoms with E-state index in [4.69, 9.17) is 14.2 Å². The van der Waals surface area contributed by atoms with Gasteiger partial charge in [-0.3, -0.25) is 4.90 Å². The first-order valence-corrected chi connectivity index (χ1v) is 7.06. The molecule has 5 heteroatoms. The molecule has 1 amide bonds. The summed E-state index contributed by atoms with van der Waals surface area (Å²) in [6, 6.07) is -0.198. The average Bonchev–Trinajstić information content (AvgIpc) is 2.40. The highest BCUT2D eigenvalue weighted by Crippen LogP contribution is 2.41. The van der Waals surface area contributed by atoms with Gasteiger partial charge in [-0.15, -0.1) is 0 Å². The molecule has 2 heterocycles. The lowest BCUT2D eigenvalue weighted by Crippen LogP contribution is -2.64. The smallest absolute Gasteiger partial charge is 0.410 e. The number of ether oxygens (including phenoxy) is 3. The zero-order chi connectivity index (χ0) is 13.9. The fraction of sp³-hybridized carbons (Fsp3) is 0.786. The van der Waals surface area contributed by atoms with Crippen molar-refractivity contribution in [3.8, 4) is 0 Å². The maximum absolute atomic E-state index is 12.0. The topological polar surface area (TPSA) is 48.0 Å². The molecule has 1 aliphatic carbocycles. The Morgan fingerprint density at radius 3 is 2.42 bits per heavy atom. The zero-order valence-corrected chi connectivity index (χ0v) is 11.9. The van der Waals surface area contributed by atoms with Crippen LogP contribution in [-0.4, -0.2) is 49.2 Å². The summed E-state index contributed by atoms with van der Waals surface area (Å²) < 4.78 is 16.9. The van der Waals surface area contributed by atoms with Crippen LogP contribution in [0.3, 0.4) is 0 Å². The maximum Gasteiger partial charge on any atom is 0.410 e. The van der Waals surface area contributed by atoms with E-state index in [0.717, 1.165) is 6.42 Å². The largest absolute Gasteiger partial charge is 0.450 e. The number of fused-ring (bicyclic) bond motifs is 2. The summed E-state index contributed by atoms with van der Waals surface area (Å²) in [5.74, 6) is -0.444. The Kier molecular flexibility index (Phi) is 4.47. The van der Waals surface area contributed by atoms with Gasteiger partial charge in [0.2, 0.25) is 0 Å². The quantitative estimate of drug-likeness (QED) is 0.567. The van der Waals surface area contributed by atoms with E-state index in [0.29, 0.717) is 26.4 Å². The number of hydrogen-bond donors (Lipinski definition) is 0. The van der Waals surface area contributed by atoms with Gasteiger partial charge in [-0.2, -0.15) is 0 Å². The Bertz CT molecular complexity index is 349. The molecule has 1 fully saturated rings. The molecule has 19 heavy (non-hydrogen) atoms. The van der Waals surface area contributed by atoms with Gasteiger partial charge >= 0.3 is 6.09 Å². The van der Waals surface area contributed by atoms with Crippen LogP contribution in [0.25, 0.3) is 0 Å². The van der Waals surface area contributed by atoms with Crippen molar-refractivity contribution in [2.24, 2.45) is 5.92 Å². The lowest BCUT2D eigenvalue weighted by atomic mass is 9.81. The molecule has 108 valence electrons. The molecule has 2 unspecified atom stereocenters. The molecule has 0 N–H and O–H groups in total. The Hall–Kier alpha value is -1.07. The van der Waals surface area contributed by atoms with Crippen molar-refractivity contribution in [1.29, 1.82) is 0 Å². The SMILES string of the molecule is CCOC(=O)N1CC2C=CC1C(OCC)(OCC)C2. The van der Waals surface area contributed by atoms with Crippen molar-refractivity contribution >= 4 is 6.09 Å². The van der Waals surface area contributed by atoms with Gasteiger partial charge in [0, 0.05) is 26.2 Å². The van der Waals surface area contributed by atoms with Gasteiger partial charge in [-0.1, -0.05) is 12.2 Å². The van der Waals surface area contributed by atoms with Crippen LogP contribution in [0.2, 0.25) is 0 Å². The van der Waals surface area contributed by atoms with Crippen molar-refractivity contribution in [3.63, 3.8) is 0 Å². The van der Waals surface area contributed by atoms with E-state index in [1.807, 2.05) is 26.8 Å². The summed E-state index contributed by atoms with van der Waals surface area (Å²) in [4.78, 5) is 13.8. The van der Waals surface area contributed by atoms with E-state index in [2.05, 4.69) is 6.08 Å². The van der Waals surface area contributed by atoms with Crippen LogP contribution in [0.4, 0.5) is 4.79 Å². The Balaban J connectivity index is 2.22. The maximum atomic E-state index is 12.0. The minimum absolute atomic E-state index is 0.198. The van der Waals surface area contributed by atoms with Gasteiger partial charge in [-0.05, 0) is 26.7 Å². The molecule has 0 aromatic heterocycles. The van der Waals surface area contributed by atoms with Gasteiger partial charge in [0.15, 0.2) is 5.79 Å². The monoisotopic (exact) mass is 269 g/mol. The standard InChI is InChI=1S/C14H23NO4/c1-4-17-13(16)15-10-11-7-8-12(15)14(9-11,18-5-2)19-6-3/h7-8,11-12H,4-6,9-10H2,1-3H3. The number of hydrogen-bond acceptors (Lipinski definition) is 4. The third-order valence-electron chi connectivity index (χ3n) is 3.61. The molecular weight excluding hydrogens is 246 g/mol. The molecule has 3 rings (SSSR count). The van der Waals surface area contributed by atoms with Gasteiger partial charge in [0.05, 0.1) is 6.61 Å². The summed E-state index contributed by atoms with van der Waals surface area (Å²) in [6.07, 6.45) is 4.67. The molecule has 3 aliphatic rings. The first-order chi connectivity index (χ1) is 9.16. The van der Waals surface area contributed by atoms with Gasteiger partial charge < -0.3 is 14.2 Å². The fourth-order valence-electron chi connectivity index (χ4n) is 3.01. The Morgan fingerprint density at radius 2 is 1.89 bits per heavy atom. The summed E-state index contributed by atoms with van der Waals surface area (Å²) in [5, 5.41) is 0. The predicted octanol–water partition coefficient (Wildman–Crippen LogP) is 2.17. The van der Waals surface area contributed by atoms with E-state index in [9.17, 15) is 4.79 Å². The van der Waals surface area contributed by atoms with Crippen molar-refractivity contribution in [3.05, 3.63) is 12.2 Å². The summed E-state index contributed by atoms with van der Waals surface area (Å²) in [5.41, 5.74) is 0. The van der Waals surface area contributed by atoms with Gasteiger partial charge in [0.1, 0.15) is 6.04 Å². The molecule has 2 atom stereocenters. The van der Waals surface area contributed by atoms with E-state index in [-0.39, 0.29) is 18.1 Å². The highest BCUT2D eigenvalue weighted by atomic mass is 16.7. The van der Waals surface area contributed by atoms with Crippen LogP contribution >= 0.6 is 0 Å². The molecule has 0 radical (unpaired) electrons. The second-order valence-corrected chi connectivity index (χ2v) is 4.82. The third kappa shape index (κ3) is 2.62. The number of carbonyl (C=O) groups is 1. The Labute approximate surface area is 114 Å². The molecule has 0 aromatic carbocycles. The van der Waals surface area contributed by atoms with Gasteiger partial charge in [0.25, 0.3) is 0 Å². The van der Waals surface area contributed by atoms with Crippen LogP contribution in [0.1, 0.15) is 27.2 Å². The number of carbonyl (C=O) groups excluding carboxylic acids is 1. The molecule has 2 aliphatic heterocycles. The van der Waals surface area contributed by atoms with Crippen LogP contribution in [0.5, 0.6) is 0 Å². The highest BCUT2D eigenvalue weighted by molar-refractivity contribution is 5.69. The van der Waals surface area contributed by atoms with Gasteiger partial charge in [-0.25, -0.2) is 4.79 Å². The second-order valence-electron chi connectivity index (χ2n) is 4.82. The van der Waals surface area contributed by atoms with E-state index >= 15 is 0 Å². The number of nitrogens with zero attached hydrogens (tertiary/aromatic N) is 1. The van der Waals surface area contributed by atoms with Crippen molar-refractivity contribution < 1.29 is 19.0 Å². The normalized spacial score (nSPS) is 27.6. The van der Waals surface area contributed by atoms with E-state index in [1.165, 1.54) is 0 Å². The van der Waals surface area contributed by atoms with Crippen molar-refractivity contribution in [1.82, 2.24) is 4.90 Å². The molecule has 2 bridgehead atoms.